The van der Waals surface area contributed by atoms with Gasteiger partial charge >= 0.3 is 6.18 Å². The van der Waals surface area contributed by atoms with Gasteiger partial charge in [0.1, 0.15) is 6.04 Å². The average molecular weight is 460 g/mol. The number of carbonyl (C=O) groups is 2. The van der Waals surface area contributed by atoms with E-state index in [-0.39, 0.29) is 18.4 Å². The molecule has 0 bridgehead atoms. The SMILES string of the molecule is O=C(NCc1ccc(-n2ccc(C(F)(F)F)n2)cc1)[C@@H]1CSCN1C(=O)c1ccccc1. The number of nitrogens with one attached hydrogen (secondary N) is 1. The van der Waals surface area contributed by atoms with E-state index in [1.54, 1.807) is 53.4 Å². The van der Waals surface area contributed by atoms with Gasteiger partial charge in [0.05, 0.1) is 11.6 Å². The Bertz CT molecular complexity index is 1100. The highest BCUT2D eigenvalue weighted by Crippen LogP contribution is 2.28. The second kappa shape index (κ2) is 9.07. The van der Waals surface area contributed by atoms with Gasteiger partial charge in [-0.1, -0.05) is 30.3 Å². The molecule has 1 N–H and O–H groups in total. The second-order valence-corrected chi connectivity index (χ2v) is 8.18. The first kappa shape index (κ1) is 21.9. The van der Waals surface area contributed by atoms with Gasteiger partial charge in [0.25, 0.3) is 5.91 Å². The molecule has 3 aromatic rings. The Hall–Kier alpha value is -3.27. The van der Waals surface area contributed by atoms with E-state index in [1.807, 2.05) is 6.07 Å². The summed E-state index contributed by atoms with van der Waals surface area (Å²) in [6, 6.07) is 15.9. The zero-order valence-corrected chi connectivity index (χ0v) is 17.6. The molecule has 0 saturated carbocycles. The lowest BCUT2D eigenvalue weighted by Crippen LogP contribution is -2.47. The molecule has 166 valence electrons. The van der Waals surface area contributed by atoms with E-state index >= 15 is 0 Å². The van der Waals surface area contributed by atoms with Crippen molar-refractivity contribution >= 4 is 23.6 Å². The van der Waals surface area contributed by atoms with Crippen LogP contribution >= 0.6 is 11.8 Å². The summed E-state index contributed by atoms with van der Waals surface area (Å²) in [5.41, 5.74) is 0.827. The molecule has 0 aliphatic carbocycles. The Morgan fingerprint density at radius 2 is 1.78 bits per heavy atom. The largest absolute Gasteiger partial charge is 0.435 e. The topological polar surface area (TPSA) is 67.2 Å². The second-order valence-electron chi connectivity index (χ2n) is 7.18. The quantitative estimate of drug-likeness (QED) is 0.630. The van der Waals surface area contributed by atoms with Crippen LogP contribution < -0.4 is 5.32 Å². The highest BCUT2D eigenvalue weighted by molar-refractivity contribution is 7.99. The van der Waals surface area contributed by atoms with Gasteiger partial charge < -0.3 is 10.2 Å². The van der Waals surface area contributed by atoms with Crippen LogP contribution in [0.25, 0.3) is 5.69 Å². The van der Waals surface area contributed by atoms with Crippen LogP contribution in [0.1, 0.15) is 21.6 Å². The van der Waals surface area contributed by atoms with Gasteiger partial charge in [0.15, 0.2) is 5.69 Å². The maximum absolute atomic E-state index is 12.7. The summed E-state index contributed by atoms with van der Waals surface area (Å²) in [5.74, 6) is 0.539. The summed E-state index contributed by atoms with van der Waals surface area (Å²) >= 11 is 1.52. The zero-order chi connectivity index (χ0) is 22.7. The summed E-state index contributed by atoms with van der Waals surface area (Å²) in [5, 5.41) is 6.38. The van der Waals surface area contributed by atoms with Crippen LogP contribution in [0.15, 0.2) is 66.9 Å². The molecule has 1 saturated heterocycles. The zero-order valence-electron chi connectivity index (χ0n) is 16.7. The standard InChI is InChI=1S/C22H19F3N4O2S/c23-22(24,25)19-10-11-29(27-19)17-8-6-15(7-9-17)12-26-20(30)18-13-32-14-28(18)21(31)16-4-2-1-3-5-16/h1-11,18H,12-14H2,(H,26,30)/t18-/m0/s1. The van der Waals surface area contributed by atoms with E-state index in [4.69, 9.17) is 0 Å². The fraction of sp³-hybridized carbons (Fsp3) is 0.227. The van der Waals surface area contributed by atoms with Crippen molar-refractivity contribution < 1.29 is 22.8 Å². The van der Waals surface area contributed by atoms with E-state index in [0.717, 1.165) is 16.3 Å². The molecule has 2 amide bonds. The molecule has 1 aliphatic rings. The fourth-order valence-electron chi connectivity index (χ4n) is 3.30. The van der Waals surface area contributed by atoms with Crippen molar-refractivity contribution in [1.29, 1.82) is 0 Å². The Morgan fingerprint density at radius 3 is 2.44 bits per heavy atom. The fourth-order valence-corrected chi connectivity index (χ4v) is 4.45. The van der Waals surface area contributed by atoms with Crippen LogP contribution in [0.5, 0.6) is 0 Å². The smallest absolute Gasteiger partial charge is 0.350 e. The molecule has 6 nitrogen and oxygen atoms in total. The van der Waals surface area contributed by atoms with Gasteiger partial charge in [0, 0.05) is 24.1 Å². The minimum absolute atomic E-state index is 0.183. The number of hydrogen-bond donors (Lipinski definition) is 1. The number of rotatable bonds is 5. The molecule has 1 aliphatic heterocycles. The van der Waals surface area contributed by atoms with Crippen molar-refractivity contribution in [2.75, 3.05) is 11.6 Å². The van der Waals surface area contributed by atoms with E-state index < -0.39 is 17.9 Å². The predicted molar refractivity (Wildman–Crippen MR) is 114 cm³/mol. The number of halogens is 3. The molecule has 1 aromatic heterocycles. The monoisotopic (exact) mass is 460 g/mol. The summed E-state index contributed by atoms with van der Waals surface area (Å²) in [4.78, 5) is 27.0. The average Bonchev–Trinajstić information content (AvgIpc) is 3.48. The van der Waals surface area contributed by atoms with Crippen molar-refractivity contribution in [3.8, 4) is 5.69 Å². The molecule has 2 aromatic carbocycles. The molecule has 2 heterocycles. The first-order chi connectivity index (χ1) is 15.3. The van der Waals surface area contributed by atoms with Gasteiger partial charge in [-0.2, -0.15) is 18.3 Å². The Balaban J connectivity index is 1.36. The molecule has 10 heteroatoms. The summed E-state index contributed by atoms with van der Waals surface area (Å²) in [6.45, 7) is 0.237. The predicted octanol–water partition coefficient (Wildman–Crippen LogP) is 3.72. The third-order valence-electron chi connectivity index (χ3n) is 5.01. The van der Waals surface area contributed by atoms with Crippen LogP contribution in [0.4, 0.5) is 13.2 Å². The first-order valence-electron chi connectivity index (χ1n) is 9.76. The summed E-state index contributed by atoms with van der Waals surface area (Å²) in [7, 11) is 0. The number of benzene rings is 2. The lowest BCUT2D eigenvalue weighted by Gasteiger charge is -2.23. The third kappa shape index (κ3) is 4.80. The van der Waals surface area contributed by atoms with Gasteiger partial charge in [0.2, 0.25) is 5.91 Å². The van der Waals surface area contributed by atoms with E-state index in [9.17, 15) is 22.8 Å². The number of nitrogens with zero attached hydrogens (tertiary/aromatic N) is 3. The number of thioether (sulfide) groups is 1. The summed E-state index contributed by atoms with van der Waals surface area (Å²) < 4.78 is 39.3. The van der Waals surface area contributed by atoms with Crippen molar-refractivity contribution in [3.63, 3.8) is 0 Å². The van der Waals surface area contributed by atoms with Gasteiger partial charge in [-0.15, -0.1) is 11.8 Å². The lowest BCUT2D eigenvalue weighted by atomic mass is 10.1. The third-order valence-corrected chi connectivity index (χ3v) is 6.03. The van der Waals surface area contributed by atoms with Crippen molar-refractivity contribution in [1.82, 2.24) is 20.0 Å². The van der Waals surface area contributed by atoms with Crippen LogP contribution in [0.2, 0.25) is 0 Å². The molecule has 0 unspecified atom stereocenters. The Morgan fingerprint density at radius 1 is 1.06 bits per heavy atom. The van der Waals surface area contributed by atoms with Gasteiger partial charge in [-0.3, -0.25) is 9.59 Å². The molecular formula is C22H19F3N4O2S. The normalized spacial score (nSPS) is 16.2. The number of amides is 2. The summed E-state index contributed by atoms with van der Waals surface area (Å²) in [6.07, 6.45) is -3.25. The molecule has 32 heavy (non-hydrogen) atoms. The van der Waals surface area contributed by atoms with E-state index in [1.165, 1.54) is 18.0 Å². The van der Waals surface area contributed by atoms with E-state index in [0.29, 0.717) is 22.9 Å². The van der Waals surface area contributed by atoms with Crippen LogP contribution in [0, 0.1) is 0 Å². The molecule has 0 radical (unpaired) electrons. The lowest BCUT2D eigenvalue weighted by molar-refractivity contribution is -0.141. The molecule has 1 fully saturated rings. The molecule has 1 atom stereocenters. The van der Waals surface area contributed by atoms with Gasteiger partial charge in [-0.25, -0.2) is 4.68 Å². The Labute approximate surface area is 186 Å². The number of aromatic nitrogens is 2. The van der Waals surface area contributed by atoms with E-state index in [2.05, 4.69) is 10.4 Å². The van der Waals surface area contributed by atoms with Crippen molar-refractivity contribution in [2.45, 2.75) is 18.8 Å². The van der Waals surface area contributed by atoms with Crippen LogP contribution in [0.3, 0.4) is 0 Å². The van der Waals surface area contributed by atoms with Crippen molar-refractivity contribution in [2.24, 2.45) is 0 Å². The van der Waals surface area contributed by atoms with Crippen molar-refractivity contribution in [3.05, 3.63) is 83.7 Å². The van der Waals surface area contributed by atoms with Crippen LogP contribution in [-0.2, 0) is 17.5 Å². The minimum Gasteiger partial charge on any atom is -0.350 e. The maximum Gasteiger partial charge on any atom is 0.435 e. The number of hydrogen-bond acceptors (Lipinski definition) is 4. The maximum atomic E-state index is 12.7. The molecular weight excluding hydrogens is 441 g/mol. The van der Waals surface area contributed by atoms with Gasteiger partial charge in [-0.05, 0) is 35.9 Å². The highest BCUT2D eigenvalue weighted by atomic mass is 32.2. The first-order valence-corrected chi connectivity index (χ1v) is 10.9. The highest BCUT2D eigenvalue weighted by Gasteiger charge is 2.35. The van der Waals surface area contributed by atoms with Crippen LogP contribution in [-0.4, -0.2) is 44.2 Å². The number of carbonyl (C=O) groups excluding carboxylic acids is 2. The number of alkyl halides is 3. The molecule has 0 spiro atoms. The molecule has 4 rings (SSSR count). The minimum atomic E-state index is -4.50. The Kier molecular flexibility index (Phi) is 6.22.